The Morgan fingerprint density at radius 2 is 1.94 bits per heavy atom. The number of unbranched alkanes of at least 4 members (excludes halogenated alkanes) is 1. The molecule has 0 unspecified atom stereocenters. The number of carbonyl (C=O) groups is 2. The lowest BCUT2D eigenvalue weighted by molar-refractivity contribution is -0.138. The number of nitrogens with zero attached hydrogens (tertiary/aromatic N) is 1. The van der Waals surface area contributed by atoms with Crippen molar-refractivity contribution in [2.45, 2.75) is 52.0 Å². The van der Waals surface area contributed by atoms with Gasteiger partial charge in [0, 0.05) is 28.9 Å². The van der Waals surface area contributed by atoms with Crippen molar-refractivity contribution in [2.75, 3.05) is 12.3 Å². The van der Waals surface area contributed by atoms with E-state index in [2.05, 4.69) is 12.2 Å². The van der Waals surface area contributed by atoms with E-state index in [4.69, 9.17) is 23.2 Å². The minimum atomic E-state index is -0.551. The topological polar surface area (TPSA) is 49.4 Å². The van der Waals surface area contributed by atoms with Crippen LogP contribution in [-0.2, 0) is 21.9 Å². The van der Waals surface area contributed by atoms with Gasteiger partial charge in [-0.3, -0.25) is 9.59 Å². The van der Waals surface area contributed by atoms with Crippen molar-refractivity contribution < 1.29 is 9.59 Å². The molecule has 4 nitrogen and oxygen atoms in total. The molecule has 2 rings (SSSR count). The van der Waals surface area contributed by atoms with Gasteiger partial charge in [-0.15, -0.1) is 11.8 Å². The zero-order valence-electron chi connectivity index (χ0n) is 18.3. The molecular formula is C24H30Cl2N2O2S. The number of rotatable bonds is 11. The van der Waals surface area contributed by atoms with E-state index in [0.29, 0.717) is 28.9 Å². The molecule has 31 heavy (non-hydrogen) atoms. The maximum Gasteiger partial charge on any atom is 0.242 e. The third-order valence-electron chi connectivity index (χ3n) is 4.93. The fourth-order valence-electron chi connectivity index (χ4n) is 3.10. The molecule has 0 aliphatic carbocycles. The van der Waals surface area contributed by atoms with E-state index in [1.165, 1.54) is 11.8 Å². The van der Waals surface area contributed by atoms with Crippen molar-refractivity contribution in [3.05, 3.63) is 69.2 Å². The van der Waals surface area contributed by atoms with Gasteiger partial charge in [0.25, 0.3) is 0 Å². The van der Waals surface area contributed by atoms with Gasteiger partial charge in [0.2, 0.25) is 11.8 Å². The molecule has 0 fully saturated rings. The maximum atomic E-state index is 13.1. The van der Waals surface area contributed by atoms with E-state index in [-0.39, 0.29) is 17.6 Å². The van der Waals surface area contributed by atoms with Crippen LogP contribution in [0.3, 0.4) is 0 Å². The molecular weight excluding hydrogens is 451 g/mol. The average molecular weight is 481 g/mol. The molecule has 168 valence electrons. The van der Waals surface area contributed by atoms with Gasteiger partial charge in [-0.05, 0) is 43.5 Å². The third kappa shape index (κ3) is 8.40. The molecule has 1 N–H and O–H groups in total. The number of amides is 2. The molecule has 2 aromatic carbocycles. The molecule has 7 heteroatoms. The van der Waals surface area contributed by atoms with Gasteiger partial charge in [-0.25, -0.2) is 0 Å². The highest BCUT2D eigenvalue weighted by molar-refractivity contribution is 7.99. The summed E-state index contributed by atoms with van der Waals surface area (Å²) in [6.45, 7) is 6.90. The van der Waals surface area contributed by atoms with Crippen LogP contribution in [0.25, 0.3) is 0 Å². The molecule has 0 heterocycles. The molecule has 0 aliphatic heterocycles. The molecule has 0 saturated heterocycles. The second-order valence-corrected chi connectivity index (χ2v) is 9.39. The fraction of sp³-hybridized carbons (Fsp3) is 0.417. The first-order valence-corrected chi connectivity index (χ1v) is 12.4. The smallest absolute Gasteiger partial charge is 0.242 e. The van der Waals surface area contributed by atoms with Crippen LogP contribution in [0.15, 0.2) is 42.5 Å². The summed E-state index contributed by atoms with van der Waals surface area (Å²) in [5, 5.41) is 4.12. The van der Waals surface area contributed by atoms with Gasteiger partial charge in [0.15, 0.2) is 0 Å². The van der Waals surface area contributed by atoms with E-state index in [0.717, 1.165) is 29.5 Å². The lowest BCUT2D eigenvalue weighted by Crippen LogP contribution is -2.48. The minimum Gasteiger partial charge on any atom is -0.354 e. The Morgan fingerprint density at radius 1 is 1.16 bits per heavy atom. The van der Waals surface area contributed by atoms with Crippen molar-refractivity contribution in [3.8, 4) is 0 Å². The first-order valence-electron chi connectivity index (χ1n) is 10.5. The summed E-state index contributed by atoms with van der Waals surface area (Å²) in [5.41, 5.74) is 3.06. The van der Waals surface area contributed by atoms with Crippen LogP contribution in [-0.4, -0.2) is 35.1 Å². The predicted octanol–water partition coefficient (Wildman–Crippen LogP) is 5.87. The summed E-state index contributed by atoms with van der Waals surface area (Å²) >= 11 is 13.7. The molecule has 0 saturated carbocycles. The van der Waals surface area contributed by atoms with E-state index in [9.17, 15) is 9.59 Å². The Labute approximate surface area is 199 Å². The Kier molecular flexibility index (Phi) is 10.7. The number of hydrogen-bond acceptors (Lipinski definition) is 3. The molecule has 0 aliphatic rings. The van der Waals surface area contributed by atoms with E-state index in [1.807, 2.05) is 37.3 Å². The monoisotopic (exact) mass is 480 g/mol. The number of aryl methyl sites for hydroxylation is 1. The fourth-order valence-corrected chi connectivity index (χ4v) is 4.56. The standard InChI is InChI=1S/C24H30Cl2N2O2S/c1-4-5-11-27-24(30)18(3)28(14-19-8-6-7-17(2)12-19)23(29)16-31-15-20-9-10-21(25)13-22(20)26/h6-10,12-13,18H,4-5,11,14-16H2,1-3H3,(H,27,30)/t18-/m1/s1. The van der Waals surface area contributed by atoms with Crippen LogP contribution < -0.4 is 5.32 Å². The second kappa shape index (κ2) is 13.0. The summed E-state index contributed by atoms with van der Waals surface area (Å²) in [6, 6.07) is 12.8. The molecule has 0 aromatic heterocycles. The van der Waals surface area contributed by atoms with Gasteiger partial charge in [-0.2, -0.15) is 0 Å². The van der Waals surface area contributed by atoms with Gasteiger partial charge in [-0.1, -0.05) is 72.4 Å². The van der Waals surface area contributed by atoms with Crippen LogP contribution in [0.5, 0.6) is 0 Å². The van der Waals surface area contributed by atoms with Crippen molar-refractivity contribution in [1.29, 1.82) is 0 Å². The summed E-state index contributed by atoms with van der Waals surface area (Å²) in [5.74, 6) is 0.656. The largest absolute Gasteiger partial charge is 0.354 e. The Hall–Kier alpha value is -1.69. The first kappa shape index (κ1) is 25.6. The second-order valence-electron chi connectivity index (χ2n) is 7.56. The molecule has 2 amide bonds. The van der Waals surface area contributed by atoms with Gasteiger partial charge >= 0.3 is 0 Å². The Balaban J connectivity index is 2.06. The number of benzene rings is 2. The van der Waals surface area contributed by atoms with Crippen molar-refractivity contribution in [1.82, 2.24) is 10.2 Å². The summed E-state index contributed by atoms with van der Waals surface area (Å²) in [4.78, 5) is 27.4. The van der Waals surface area contributed by atoms with E-state index < -0.39 is 6.04 Å². The zero-order valence-corrected chi connectivity index (χ0v) is 20.6. The lowest BCUT2D eigenvalue weighted by Gasteiger charge is -2.29. The van der Waals surface area contributed by atoms with E-state index in [1.54, 1.807) is 24.0 Å². The highest BCUT2D eigenvalue weighted by Gasteiger charge is 2.26. The van der Waals surface area contributed by atoms with Gasteiger partial charge in [0.05, 0.1) is 5.75 Å². The number of hydrogen-bond donors (Lipinski definition) is 1. The Morgan fingerprint density at radius 3 is 2.61 bits per heavy atom. The normalized spacial score (nSPS) is 11.8. The average Bonchev–Trinajstić information content (AvgIpc) is 2.73. The summed E-state index contributed by atoms with van der Waals surface area (Å²) in [7, 11) is 0. The number of carbonyl (C=O) groups excluding carboxylic acids is 2. The van der Waals surface area contributed by atoms with Crippen LogP contribution in [0.4, 0.5) is 0 Å². The van der Waals surface area contributed by atoms with Gasteiger partial charge in [0.1, 0.15) is 6.04 Å². The summed E-state index contributed by atoms with van der Waals surface area (Å²) < 4.78 is 0. The maximum absolute atomic E-state index is 13.1. The minimum absolute atomic E-state index is 0.0743. The van der Waals surface area contributed by atoms with Crippen LogP contribution >= 0.6 is 35.0 Å². The van der Waals surface area contributed by atoms with Crippen LogP contribution in [0.2, 0.25) is 10.0 Å². The predicted molar refractivity (Wildman–Crippen MR) is 132 cm³/mol. The number of nitrogens with one attached hydrogen (secondary N) is 1. The lowest BCUT2D eigenvalue weighted by atomic mass is 10.1. The molecule has 0 spiro atoms. The zero-order chi connectivity index (χ0) is 22.8. The highest BCUT2D eigenvalue weighted by Crippen LogP contribution is 2.25. The van der Waals surface area contributed by atoms with Crippen molar-refractivity contribution >= 4 is 46.8 Å². The first-order chi connectivity index (χ1) is 14.8. The SMILES string of the molecule is CCCCNC(=O)[C@@H](C)N(Cc1cccc(C)c1)C(=O)CSCc1ccc(Cl)cc1Cl. The molecule has 0 bridgehead atoms. The molecule has 2 aromatic rings. The molecule has 1 atom stereocenters. The number of halogens is 2. The van der Waals surface area contributed by atoms with Crippen molar-refractivity contribution in [2.24, 2.45) is 0 Å². The Bertz CT molecular complexity index is 892. The van der Waals surface area contributed by atoms with Gasteiger partial charge < -0.3 is 10.2 Å². The quantitative estimate of drug-likeness (QED) is 0.409. The van der Waals surface area contributed by atoms with Crippen LogP contribution in [0, 0.1) is 6.92 Å². The summed E-state index contributed by atoms with van der Waals surface area (Å²) in [6.07, 6.45) is 1.92. The van der Waals surface area contributed by atoms with Crippen LogP contribution in [0.1, 0.15) is 43.4 Å². The van der Waals surface area contributed by atoms with E-state index >= 15 is 0 Å². The number of thioether (sulfide) groups is 1. The van der Waals surface area contributed by atoms with Crippen molar-refractivity contribution in [3.63, 3.8) is 0 Å². The highest BCUT2D eigenvalue weighted by atomic mass is 35.5. The third-order valence-corrected chi connectivity index (χ3v) is 6.48. The molecule has 0 radical (unpaired) electrons.